The van der Waals surface area contributed by atoms with Crippen LogP contribution in [0, 0.1) is 11.3 Å². The van der Waals surface area contributed by atoms with Crippen LogP contribution < -0.4 is 0 Å². The zero-order valence-corrected chi connectivity index (χ0v) is 17.2. The maximum absolute atomic E-state index is 12.1. The molecule has 0 radical (unpaired) electrons. The molecule has 0 atom stereocenters. The SMILES string of the molecule is CCCCCCCCCCCCOC(=O)C(C)(C)C(=O)OCC(C)C. The van der Waals surface area contributed by atoms with Gasteiger partial charge >= 0.3 is 11.9 Å². The number of hydrogen-bond donors (Lipinski definition) is 0. The molecule has 0 aliphatic heterocycles. The van der Waals surface area contributed by atoms with E-state index in [1.54, 1.807) is 13.8 Å². The maximum atomic E-state index is 12.1. The van der Waals surface area contributed by atoms with Crippen molar-refractivity contribution in [1.29, 1.82) is 0 Å². The summed E-state index contributed by atoms with van der Waals surface area (Å²) in [7, 11) is 0. The minimum absolute atomic E-state index is 0.252. The second-order valence-electron chi connectivity index (χ2n) is 7.94. The summed E-state index contributed by atoms with van der Waals surface area (Å²) in [6.07, 6.45) is 12.4. The fourth-order valence-corrected chi connectivity index (χ4v) is 2.44. The Bertz CT molecular complexity index is 361. The minimum atomic E-state index is -1.23. The molecule has 0 N–H and O–H groups in total. The molecule has 0 aliphatic rings. The fourth-order valence-electron chi connectivity index (χ4n) is 2.44. The van der Waals surface area contributed by atoms with Crippen LogP contribution in [0.15, 0.2) is 0 Å². The molecule has 0 saturated carbocycles. The lowest BCUT2D eigenvalue weighted by Gasteiger charge is -2.21. The van der Waals surface area contributed by atoms with Crippen LogP contribution in [0.5, 0.6) is 0 Å². The van der Waals surface area contributed by atoms with Crippen molar-refractivity contribution in [3.63, 3.8) is 0 Å². The van der Waals surface area contributed by atoms with Gasteiger partial charge in [0.2, 0.25) is 0 Å². The average Bonchev–Trinajstić information content (AvgIpc) is 2.57. The molecule has 0 aromatic rings. The van der Waals surface area contributed by atoms with E-state index in [-0.39, 0.29) is 5.92 Å². The van der Waals surface area contributed by atoms with E-state index in [1.807, 2.05) is 13.8 Å². The first-order valence-corrected chi connectivity index (χ1v) is 10.2. The van der Waals surface area contributed by atoms with Gasteiger partial charge in [-0.3, -0.25) is 9.59 Å². The van der Waals surface area contributed by atoms with E-state index in [0.717, 1.165) is 12.8 Å². The van der Waals surface area contributed by atoms with Crippen molar-refractivity contribution in [2.75, 3.05) is 13.2 Å². The van der Waals surface area contributed by atoms with Crippen LogP contribution in [0.25, 0.3) is 0 Å². The van der Waals surface area contributed by atoms with E-state index < -0.39 is 17.4 Å². The summed E-state index contributed by atoms with van der Waals surface area (Å²) in [5.74, 6) is -0.742. The Labute approximate surface area is 155 Å². The van der Waals surface area contributed by atoms with Gasteiger partial charge in [-0.05, 0) is 26.2 Å². The molecule has 4 nitrogen and oxygen atoms in total. The van der Waals surface area contributed by atoms with Crippen molar-refractivity contribution >= 4 is 11.9 Å². The standard InChI is InChI=1S/C21H40O4/c1-6-7-8-9-10-11-12-13-14-15-16-24-19(22)21(4,5)20(23)25-17-18(2)3/h18H,6-17H2,1-5H3. The first-order valence-electron chi connectivity index (χ1n) is 10.2. The van der Waals surface area contributed by atoms with Gasteiger partial charge in [0.05, 0.1) is 13.2 Å². The van der Waals surface area contributed by atoms with Gasteiger partial charge < -0.3 is 9.47 Å². The van der Waals surface area contributed by atoms with Crippen molar-refractivity contribution in [3.8, 4) is 0 Å². The Kier molecular flexibility index (Phi) is 13.5. The molecule has 0 unspecified atom stereocenters. The second-order valence-corrected chi connectivity index (χ2v) is 7.94. The molecule has 0 aromatic carbocycles. The molecule has 0 amide bonds. The van der Waals surface area contributed by atoms with Crippen molar-refractivity contribution in [1.82, 2.24) is 0 Å². The monoisotopic (exact) mass is 356 g/mol. The smallest absolute Gasteiger partial charge is 0.322 e. The zero-order chi connectivity index (χ0) is 19.1. The Morgan fingerprint density at radius 1 is 0.760 bits per heavy atom. The summed E-state index contributed by atoms with van der Waals surface area (Å²) in [4.78, 5) is 24.1. The van der Waals surface area contributed by atoms with E-state index in [1.165, 1.54) is 51.4 Å². The number of carbonyl (C=O) groups is 2. The molecule has 4 heteroatoms. The molecule has 0 bridgehead atoms. The lowest BCUT2D eigenvalue weighted by atomic mass is 9.94. The third-order valence-electron chi connectivity index (χ3n) is 4.30. The molecule has 0 rings (SSSR count). The second kappa shape index (κ2) is 14.1. The van der Waals surface area contributed by atoms with Crippen LogP contribution in [-0.2, 0) is 19.1 Å². The van der Waals surface area contributed by atoms with Gasteiger partial charge in [0.25, 0.3) is 0 Å². The molecule has 25 heavy (non-hydrogen) atoms. The van der Waals surface area contributed by atoms with Crippen LogP contribution >= 0.6 is 0 Å². The van der Waals surface area contributed by atoms with Gasteiger partial charge in [0.1, 0.15) is 0 Å². The molecular weight excluding hydrogens is 316 g/mol. The van der Waals surface area contributed by atoms with E-state index in [4.69, 9.17) is 9.47 Å². The van der Waals surface area contributed by atoms with E-state index in [2.05, 4.69) is 6.92 Å². The number of ether oxygens (including phenoxy) is 2. The van der Waals surface area contributed by atoms with Crippen LogP contribution in [0.4, 0.5) is 0 Å². The summed E-state index contributed by atoms with van der Waals surface area (Å²) in [5.41, 5.74) is -1.23. The van der Waals surface area contributed by atoms with E-state index in [9.17, 15) is 9.59 Å². The first-order chi connectivity index (χ1) is 11.8. The average molecular weight is 357 g/mol. The minimum Gasteiger partial charge on any atom is -0.465 e. The molecule has 0 saturated heterocycles. The lowest BCUT2D eigenvalue weighted by Crippen LogP contribution is -2.37. The van der Waals surface area contributed by atoms with Gasteiger partial charge in [0, 0.05) is 0 Å². The highest BCUT2D eigenvalue weighted by atomic mass is 16.6. The van der Waals surface area contributed by atoms with Gasteiger partial charge in [-0.1, -0.05) is 78.6 Å². The zero-order valence-electron chi connectivity index (χ0n) is 17.2. The lowest BCUT2D eigenvalue weighted by molar-refractivity contribution is -0.170. The van der Waals surface area contributed by atoms with Crippen LogP contribution in [0.3, 0.4) is 0 Å². The van der Waals surface area contributed by atoms with E-state index in [0.29, 0.717) is 13.2 Å². The molecule has 0 heterocycles. The summed E-state index contributed by atoms with van der Waals surface area (Å²) < 4.78 is 10.4. The maximum Gasteiger partial charge on any atom is 0.322 e. The van der Waals surface area contributed by atoms with Crippen LogP contribution in [0.2, 0.25) is 0 Å². The van der Waals surface area contributed by atoms with Crippen molar-refractivity contribution in [2.45, 2.75) is 98.8 Å². The first kappa shape index (κ1) is 23.9. The third kappa shape index (κ3) is 12.0. The number of esters is 2. The van der Waals surface area contributed by atoms with Crippen molar-refractivity contribution in [3.05, 3.63) is 0 Å². The molecule has 0 fully saturated rings. The number of unbranched alkanes of at least 4 members (excludes halogenated alkanes) is 9. The van der Waals surface area contributed by atoms with Gasteiger partial charge in [-0.15, -0.1) is 0 Å². The summed E-state index contributed by atoms with van der Waals surface area (Å²) in [6.45, 7) is 10.0. The van der Waals surface area contributed by atoms with Gasteiger partial charge in [0.15, 0.2) is 5.41 Å². The topological polar surface area (TPSA) is 52.6 Å². The molecule has 0 spiro atoms. The molecule has 0 aromatic heterocycles. The predicted molar refractivity (Wildman–Crippen MR) is 102 cm³/mol. The Balaban J connectivity index is 3.69. The molecular formula is C21H40O4. The van der Waals surface area contributed by atoms with Crippen LogP contribution in [0.1, 0.15) is 98.8 Å². The normalized spacial score (nSPS) is 11.6. The summed E-state index contributed by atoms with van der Waals surface area (Å²) in [6, 6.07) is 0. The quantitative estimate of drug-likeness (QED) is 0.215. The Morgan fingerprint density at radius 3 is 1.68 bits per heavy atom. The summed E-state index contributed by atoms with van der Waals surface area (Å²) in [5, 5.41) is 0. The Morgan fingerprint density at radius 2 is 1.20 bits per heavy atom. The number of hydrogen-bond acceptors (Lipinski definition) is 4. The number of carbonyl (C=O) groups excluding carboxylic acids is 2. The summed E-state index contributed by atoms with van der Waals surface area (Å²) >= 11 is 0. The van der Waals surface area contributed by atoms with Crippen molar-refractivity contribution < 1.29 is 19.1 Å². The predicted octanol–water partition coefficient (Wildman–Crippen LogP) is 5.68. The molecule has 0 aliphatic carbocycles. The molecule has 148 valence electrons. The largest absolute Gasteiger partial charge is 0.465 e. The van der Waals surface area contributed by atoms with E-state index >= 15 is 0 Å². The van der Waals surface area contributed by atoms with Crippen molar-refractivity contribution in [2.24, 2.45) is 11.3 Å². The highest BCUT2D eigenvalue weighted by Crippen LogP contribution is 2.20. The fraction of sp³-hybridized carbons (Fsp3) is 0.905. The van der Waals surface area contributed by atoms with Gasteiger partial charge in [-0.25, -0.2) is 0 Å². The highest BCUT2D eigenvalue weighted by molar-refractivity contribution is 5.99. The number of rotatable bonds is 15. The Hall–Kier alpha value is -1.06. The highest BCUT2D eigenvalue weighted by Gasteiger charge is 2.39. The van der Waals surface area contributed by atoms with Crippen LogP contribution in [-0.4, -0.2) is 25.2 Å². The third-order valence-corrected chi connectivity index (χ3v) is 4.30. The van der Waals surface area contributed by atoms with Gasteiger partial charge in [-0.2, -0.15) is 0 Å².